The van der Waals surface area contributed by atoms with Crippen LogP contribution in [0.5, 0.6) is 0 Å². The van der Waals surface area contributed by atoms with Gasteiger partial charge in [0.2, 0.25) is 0 Å². The second kappa shape index (κ2) is 8.11. The van der Waals surface area contributed by atoms with Crippen LogP contribution in [0.3, 0.4) is 0 Å². The summed E-state index contributed by atoms with van der Waals surface area (Å²) >= 11 is 3.82. The van der Waals surface area contributed by atoms with Crippen LogP contribution in [-0.4, -0.2) is 47.7 Å². The maximum Gasteiger partial charge on any atom is 0.410 e. The van der Waals surface area contributed by atoms with Crippen LogP contribution in [-0.2, 0) is 4.74 Å². The highest BCUT2D eigenvalue weighted by molar-refractivity contribution is 9.15. The van der Waals surface area contributed by atoms with E-state index in [1.807, 2.05) is 25.7 Å². The van der Waals surface area contributed by atoms with Gasteiger partial charge in [0, 0.05) is 48.5 Å². The van der Waals surface area contributed by atoms with E-state index in [0.29, 0.717) is 24.9 Å². The topological polar surface area (TPSA) is 32.8 Å². The minimum Gasteiger partial charge on any atom is -0.444 e. The minimum absolute atomic E-state index is 0.207. The Morgan fingerprint density at radius 2 is 1.76 bits per heavy atom. The van der Waals surface area contributed by atoms with E-state index in [1.54, 1.807) is 0 Å². The van der Waals surface area contributed by atoms with Crippen LogP contribution in [0.1, 0.15) is 37.9 Å². The molecular formula is C24H29BrN2O2. The van der Waals surface area contributed by atoms with Gasteiger partial charge in [0.25, 0.3) is 0 Å². The van der Waals surface area contributed by atoms with Crippen molar-refractivity contribution in [3.63, 3.8) is 0 Å². The fourth-order valence-electron chi connectivity index (χ4n) is 4.51. The van der Waals surface area contributed by atoms with E-state index in [-0.39, 0.29) is 12.1 Å². The van der Waals surface area contributed by atoms with Crippen molar-refractivity contribution in [3.05, 3.63) is 65.8 Å². The Kier molecular flexibility index (Phi) is 5.71. The van der Waals surface area contributed by atoms with Gasteiger partial charge in [-0.1, -0.05) is 70.6 Å². The molecule has 1 aromatic carbocycles. The molecule has 0 radical (unpaired) electrons. The normalized spacial score (nSPS) is 27.0. The maximum absolute atomic E-state index is 12.5. The molecule has 2 aliphatic carbocycles. The highest BCUT2D eigenvalue weighted by Crippen LogP contribution is 2.45. The van der Waals surface area contributed by atoms with E-state index < -0.39 is 5.60 Å². The lowest BCUT2D eigenvalue weighted by Gasteiger charge is -2.43. The summed E-state index contributed by atoms with van der Waals surface area (Å²) in [4.78, 5) is 16.9. The van der Waals surface area contributed by atoms with Crippen molar-refractivity contribution < 1.29 is 9.53 Å². The number of benzene rings is 1. The molecule has 3 atom stereocenters. The molecule has 0 N–H and O–H groups in total. The smallest absolute Gasteiger partial charge is 0.410 e. The van der Waals surface area contributed by atoms with Gasteiger partial charge in [-0.05, 0) is 31.9 Å². The average Bonchev–Trinajstić information content (AvgIpc) is 2.81. The van der Waals surface area contributed by atoms with Gasteiger partial charge in [-0.15, -0.1) is 0 Å². The Balaban J connectivity index is 1.58. The lowest BCUT2D eigenvalue weighted by molar-refractivity contribution is 0.00706. The molecule has 1 aromatic rings. The first kappa shape index (κ1) is 20.4. The molecule has 5 heteroatoms. The summed E-state index contributed by atoms with van der Waals surface area (Å²) in [5.74, 6) is 0.736. The van der Waals surface area contributed by atoms with Gasteiger partial charge >= 0.3 is 6.09 Å². The van der Waals surface area contributed by atoms with Crippen molar-refractivity contribution in [2.45, 2.75) is 32.4 Å². The third-order valence-corrected chi connectivity index (χ3v) is 6.51. The second-order valence-corrected chi connectivity index (χ2v) is 9.83. The molecule has 1 aliphatic heterocycles. The fourth-order valence-corrected chi connectivity index (χ4v) is 5.18. The number of carbonyl (C=O) groups is 1. The van der Waals surface area contributed by atoms with Gasteiger partial charge in [-0.3, -0.25) is 4.90 Å². The first-order valence-electron chi connectivity index (χ1n) is 10.4. The van der Waals surface area contributed by atoms with Crippen molar-refractivity contribution in [2.75, 3.05) is 26.2 Å². The van der Waals surface area contributed by atoms with E-state index in [0.717, 1.165) is 17.6 Å². The molecule has 3 aliphatic rings. The summed E-state index contributed by atoms with van der Waals surface area (Å²) in [7, 11) is 0. The van der Waals surface area contributed by atoms with E-state index in [4.69, 9.17) is 4.74 Å². The SMILES string of the molecule is CC(C)(C)OC(=O)N1CCN(C2c3ccccc3C(Br)=CC3C=CC=CC32)CC1. The zero-order chi connectivity index (χ0) is 20.6. The van der Waals surface area contributed by atoms with Crippen molar-refractivity contribution >= 4 is 26.5 Å². The summed E-state index contributed by atoms with van der Waals surface area (Å²) in [6.45, 7) is 8.82. The number of hydrogen-bond acceptors (Lipinski definition) is 3. The predicted molar refractivity (Wildman–Crippen MR) is 121 cm³/mol. The first-order chi connectivity index (χ1) is 13.8. The quantitative estimate of drug-likeness (QED) is 0.567. The zero-order valence-corrected chi connectivity index (χ0v) is 18.9. The lowest BCUT2D eigenvalue weighted by Crippen LogP contribution is -2.52. The van der Waals surface area contributed by atoms with Crippen molar-refractivity contribution in [2.24, 2.45) is 11.8 Å². The Bertz CT molecular complexity index is 860. The third kappa shape index (κ3) is 4.36. The second-order valence-electron chi connectivity index (χ2n) is 8.97. The van der Waals surface area contributed by atoms with Gasteiger partial charge in [0.05, 0.1) is 0 Å². The van der Waals surface area contributed by atoms with Gasteiger partial charge in [0.1, 0.15) is 5.60 Å². The first-order valence-corrected chi connectivity index (χ1v) is 11.2. The molecule has 4 rings (SSSR count). The number of carbonyl (C=O) groups excluding carboxylic acids is 1. The monoisotopic (exact) mass is 456 g/mol. The number of halogens is 1. The zero-order valence-electron chi connectivity index (χ0n) is 17.3. The van der Waals surface area contributed by atoms with Crippen LogP contribution in [0.25, 0.3) is 4.48 Å². The van der Waals surface area contributed by atoms with E-state index in [9.17, 15) is 4.79 Å². The van der Waals surface area contributed by atoms with Gasteiger partial charge in [-0.25, -0.2) is 4.79 Å². The molecule has 0 bridgehead atoms. The van der Waals surface area contributed by atoms with Crippen LogP contribution >= 0.6 is 15.9 Å². The number of fused-ring (bicyclic) bond motifs is 2. The fraction of sp³-hybridized carbons (Fsp3) is 0.458. The Morgan fingerprint density at radius 3 is 2.48 bits per heavy atom. The van der Waals surface area contributed by atoms with Crippen LogP contribution in [0.15, 0.2) is 54.6 Å². The summed E-state index contributed by atoms with van der Waals surface area (Å²) in [5.41, 5.74) is 2.16. The Hall–Kier alpha value is -1.85. The number of nitrogens with zero attached hydrogens (tertiary/aromatic N) is 2. The molecule has 4 nitrogen and oxygen atoms in total. The van der Waals surface area contributed by atoms with E-state index >= 15 is 0 Å². The highest BCUT2D eigenvalue weighted by atomic mass is 79.9. The van der Waals surface area contributed by atoms with Crippen molar-refractivity contribution in [3.8, 4) is 0 Å². The Labute approximate surface area is 182 Å². The number of ether oxygens (including phenoxy) is 1. The molecule has 1 saturated heterocycles. The van der Waals surface area contributed by atoms with Crippen LogP contribution in [0.4, 0.5) is 4.79 Å². The lowest BCUT2D eigenvalue weighted by atomic mass is 9.80. The van der Waals surface area contributed by atoms with Gasteiger partial charge in [-0.2, -0.15) is 0 Å². The average molecular weight is 457 g/mol. The highest BCUT2D eigenvalue weighted by Gasteiger charge is 2.38. The molecule has 1 amide bonds. The number of piperazine rings is 1. The third-order valence-electron chi connectivity index (χ3n) is 5.82. The van der Waals surface area contributed by atoms with Crippen molar-refractivity contribution in [1.29, 1.82) is 0 Å². The number of hydrogen-bond donors (Lipinski definition) is 0. The van der Waals surface area contributed by atoms with E-state index in [2.05, 4.69) is 75.5 Å². The molecule has 0 aromatic heterocycles. The largest absolute Gasteiger partial charge is 0.444 e. The number of rotatable bonds is 1. The van der Waals surface area contributed by atoms with Crippen LogP contribution < -0.4 is 0 Å². The van der Waals surface area contributed by atoms with Crippen LogP contribution in [0.2, 0.25) is 0 Å². The molecule has 0 spiro atoms. The number of amides is 1. The minimum atomic E-state index is -0.459. The Morgan fingerprint density at radius 1 is 1.07 bits per heavy atom. The standard InChI is InChI=1S/C24H29BrN2O2/c1-24(2,3)29-23(28)27-14-12-26(13-15-27)22-18-9-5-4-8-17(18)16-21(25)19-10-6-7-11-20(19)22/h4-11,16-18,22H,12-15H2,1-3H3. The summed E-state index contributed by atoms with van der Waals surface area (Å²) in [6, 6.07) is 8.97. The molecular weight excluding hydrogens is 428 g/mol. The molecule has 1 fully saturated rings. The summed E-state index contributed by atoms with van der Waals surface area (Å²) in [5, 5.41) is 0. The maximum atomic E-state index is 12.5. The molecule has 1 heterocycles. The summed E-state index contributed by atoms with van der Waals surface area (Å²) in [6.07, 6.45) is 11.1. The molecule has 154 valence electrons. The van der Waals surface area contributed by atoms with Gasteiger partial charge in [0.15, 0.2) is 0 Å². The summed E-state index contributed by atoms with van der Waals surface area (Å²) < 4.78 is 6.73. The molecule has 29 heavy (non-hydrogen) atoms. The van der Waals surface area contributed by atoms with Gasteiger partial charge < -0.3 is 9.64 Å². The number of allylic oxidation sites excluding steroid dienone is 4. The predicted octanol–water partition coefficient (Wildman–Crippen LogP) is 5.39. The molecule has 3 unspecified atom stereocenters. The van der Waals surface area contributed by atoms with Crippen molar-refractivity contribution in [1.82, 2.24) is 9.80 Å². The van der Waals surface area contributed by atoms with E-state index in [1.165, 1.54) is 11.1 Å². The van der Waals surface area contributed by atoms with Crippen LogP contribution in [0, 0.1) is 11.8 Å². The molecule has 0 saturated carbocycles.